The van der Waals surface area contributed by atoms with Crippen molar-refractivity contribution in [1.29, 1.82) is 0 Å². The minimum Gasteiger partial charge on any atom is -0.515 e. The minimum absolute atomic E-state index is 0.0139. The molecule has 4 saturated carbocycles. The van der Waals surface area contributed by atoms with Crippen molar-refractivity contribution in [2.45, 2.75) is 210 Å². The van der Waals surface area contributed by atoms with Crippen molar-refractivity contribution in [3.8, 4) is 0 Å². The van der Waals surface area contributed by atoms with Gasteiger partial charge in [-0.1, -0.05) is 81.4 Å². The van der Waals surface area contributed by atoms with Crippen LogP contribution in [0.15, 0.2) is 59.3 Å². The van der Waals surface area contributed by atoms with Gasteiger partial charge in [0.2, 0.25) is 0 Å². The summed E-state index contributed by atoms with van der Waals surface area (Å²) in [5.74, 6) is -0.436. The van der Waals surface area contributed by atoms with E-state index < -0.39 is 11.9 Å². The third kappa shape index (κ3) is 15.9. The number of Topliss-reactive ketones (excluding diaryl/α,β-unsaturated/α-hetero) is 5. The van der Waals surface area contributed by atoms with Crippen LogP contribution in [-0.2, 0) is 50.1 Å². The molecular formula is C72H100N2O14. The van der Waals surface area contributed by atoms with Gasteiger partial charge in [-0.05, 0) is 178 Å². The van der Waals surface area contributed by atoms with Crippen LogP contribution in [0.5, 0.6) is 0 Å². The number of aromatic amines is 1. The number of carbonyl (C=O) groups is 7. The van der Waals surface area contributed by atoms with Gasteiger partial charge in [0.05, 0.1) is 35.3 Å². The molecule has 0 amide bonds. The van der Waals surface area contributed by atoms with Crippen LogP contribution in [-0.4, -0.2) is 120 Å². The Morgan fingerprint density at radius 2 is 0.955 bits per heavy atom. The molecule has 2 aromatic carbocycles. The fraction of sp³-hybridized carbons (Fsp3) is 0.667. The molecule has 5 heterocycles. The normalized spacial score (nSPS) is 25.9. The first kappa shape index (κ1) is 68.2. The highest BCUT2D eigenvalue weighted by molar-refractivity contribution is 6.42. The Kier molecular flexibility index (Phi) is 21.0. The number of H-pyrrole nitrogens is 1. The average Bonchev–Trinajstić information content (AvgIpc) is 1.70. The number of carboxylic acids is 2. The molecule has 0 atom stereocenters. The first-order chi connectivity index (χ1) is 41.3. The highest BCUT2D eigenvalue weighted by Gasteiger charge is 2.53. The number of aliphatic hydroxyl groups is 1. The third-order valence-corrected chi connectivity index (χ3v) is 20.9. The molecule has 4 saturated heterocycles. The Hall–Kier alpha value is -5.68. The van der Waals surface area contributed by atoms with Gasteiger partial charge in [-0.3, -0.25) is 29.0 Å². The second kappa shape index (κ2) is 27.0. The molecule has 482 valence electrons. The summed E-state index contributed by atoms with van der Waals surface area (Å²) in [6.45, 7) is 27.9. The van der Waals surface area contributed by atoms with Gasteiger partial charge in [-0.25, -0.2) is 9.59 Å². The Bertz CT molecular complexity index is 3110. The number of aromatic carboxylic acids is 2. The molecule has 16 heteroatoms. The average molecular weight is 1220 g/mol. The van der Waals surface area contributed by atoms with E-state index in [0.717, 1.165) is 157 Å². The van der Waals surface area contributed by atoms with Crippen LogP contribution in [0.3, 0.4) is 0 Å². The summed E-state index contributed by atoms with van der Waals surface area (Å²) in [6, 6.07) is 11.7. The maximum atomic E-state index is 13.3. The number of benzene rings is 2. The van der Waals surface area contributed by atoms with E-state index in [0.29, 0.717) is 98.4 Å². The largest absolute Gasteiger partial charge is 0.515 e. The van der Waals surface area contributed by atoms with Gasteiger partial charge < -0.3 is 39.3 Å². The van der Waals surface area contributed by atoms with E-state index in [-0.39, 0.29) is 66.4 Å². The van der Waals surface area contributed by atoms with Crippen LogP contribution >= 0.6 is 0 Å². The van der Waals surface area contributed by atoms with Gasteiger partial charge in [0, 0.05) is 110 Å². The van der Waals surface area contributed by atoms with Crippen molar-refractivity contribution in [1.82, 2.24) is 4.98 Å². The summed E-state index contributed by atoms with van der Waals surface area (Å²) in [6.07, 6.45) is 18.3. The van der Waals surface area contributed by atoms with Gasteiger partial charge in [0.1, 0.15) is 11.6 Å². The topological polar surface area (TPSA) is 245 Å². The Morgan fingerprint density at radius 3 is 1.44 bits per heavy atom. The molecule has 8 fully saturated rings. The van der Waals surface area contributed by atoms with Crippen molar-refractivity contribution in [3.63, 3.8) is 0 Å². The summed E-state index contributed by atoms with van der Waals surface area (Å²) in [5.41, 5.74) is 4.93. The monoisotopic (exact) mass is 1220 g/mol. The first-order valence-electron chi connectivity index (χ1n) is 32.4. The van der Waals surface area contributed by atoms with E-state index in [1.54, 1.807) is 42.5 Å². The molecular weight excluding hydrogens is 1120 g/mol. The van der Waals surface area contributed by atoms with Crippen molar-refractivity contribution >= 4 is 57.5 Å². The lowest BCUT2D eigenvalue weighted by atomic mass is 9.58. The fourth-order valence-electron chi connectivity index (χ4n) is 16.3. The van der Waals surface area contributed by atoms with E-state index >= 15 is 0 Å². The second-order valence-electron chi connectivity index (χ2n) is 31.0. The quantitative estimate of drug-likeness (QED) is 0.140. The zero-order valence-corrected chi connectivity index (χ0v) is 54.4. The van der Waals surface area contributed by atoms with E-state index in [1.165, 1.54) is 0 Å². The minimum atomic E-state index is -0.951. The molecule has 4 aliphatic heterocycles. The molecule has 4 N–H and O–H groups in total. The lowest BCUT2D eigenvalue weighted by Crippen LogP contribution is -2.49. The highest BCUT2D eigenvalue weighted by Crippen LogP contribution is 2.54. The Labute approximate surface area is 521 Å². The van der Waals surface area contributed by atoms with Crippen molar-refractivity contribution in [2.75, 3.05) is 52.9 Å². The number of allylic oxidation sites excluding steroid dienone is 1. The number of ether oxygens (including phenoxy) is 4. The number of carbonyl (C=O) groups excluding carboxylic acids is 5. The van der Waals surface area contributed by atoms with Gasteiger partial charge in [0.15, 0.2) is 17.3 Å². The number of ketones is 5. The number of carboxylic acid groups (broad SMARTS) is 2. The predicted molar refractivity (Wildman–Crippen MR) is 338 cm³/mol. The van der Waals surface area contributed by atoms with Crippen LogP contribution in [0.1, 0.15) is 240 Å². The summed E-state index contributed by atoms with van der Waals surface area (Å²) in [7, 11) is 0. The SMILES string of the molecule is CC1(C)C/C(=C/O)C(=O)C2(CCOCC2)C1.CC1(C)CC(=NCc2ccc(C(=O)O)cc2)C(=O)C2(CCOCC2)C1.CC1(C)CC2(CCOCC2)C(=O)c2[nH]c3ccc(C(=O)O)cc3c21.CC1(C)CCC(=O)C2(CCOCC2)C1.CC1(C)CCC(=O)CC1. The fourth-order valence-corrected chi connectivity index (χ4v) is 16.3. The smallest absolute Gasteiger partial charge is 0.335 e. The lowest BCUT2D eigenvalue weighted by molar-refractivity contribution is -0.142. The number of fused-ring (bicyclic) bond motifs is 3. The molecule has 88 heavy (non-hydrogen) atoms. The van der Waals surface area contributed by atoms with E-state index in [1.807, 2.05) is 0 Å². The predicted octanol–water partition coefficient (Wildman–Crippen LogP) is 14.4. The molecule has 5 aliphatic carbocycles. The van der Waals surface area contributed by atoms with Crippen LogP contribution in [0.2, 0.25) is 0 Å². The molecule has 1 aromatic heterocycles. The summed E-state index contributed by atoms with van der Waals surface area (Å²) >= 11 is 0. The van der Waals surface area contributed by atoms with Crippen LogP contribution in [0.4, 0.5) is 0 Å². The zero-order valence-electron chi connectivity index (χ0n) is 54.4. The number of aliphatic hydroxyl groups excluding tert-OH is 1. The van der Waals surface area contributed by atoms with Gasteiger partial charge in [-0.15, -0.1) is 0 Å². The number of aromatic nitrogens is 1. The van der Waals surface area contributed by atoms with Crippen molar-refractivity contribution < 1.29 is 67.8 Å². The van der Waals surface area contributed by atoms with Crippen LogP contribution in [0, 0.1) is 43.3 Å². The molecule has 12 rings (SSSR count). The van der Waals surface area contributed by atoms with Gasteiger partial charge in [0.25, 0.3) is 0 Å². The maximum absolute atomic E-state index is 13.3. The summed E-state index contributed by atoms with van der Waals surface area (Å²) in [4.78, 5) is 91.6. The molecule has 0 radical (unpaired) electrons. The lowest BCUT2D eigenvalue weighted by Gasteiger charge is -2.46. The third-order valence-electron chi connectivity index (χ3n) is 20.9. The van der Waals surface area contributed by atoms with Gasteiger partial charge in [-0.2, -0.15) is 0 Å². The molecule has 4 spiro atoms. The molecule has 9 aliphatic rings. The maximum Gasteiger partial charge on any atom is 0.335 e. The number of hydrogen-bond donors (Lipinski definition) is 4. The molecule has 0 bridgehead atoms. The number of nitrogens with one attached hydrogen (secondary N) is 1. The number of rotatable bonds is 4. The molecule has 0 unspecified atom stereocenters. The Morgan fingerprint density at radius 1 is 0.511 bits per heavy atom. The number of nitrogens with zero attached hydrogens (tertiary/aromatic N) is 1. The Balaban J connectivity index is 0.000000148. The second-order valence-corrected chi connectivity index (χ2v) is 31.0. The standard InChI is InChI=1S/C20H25NO4.C19H21NO4.C13H20O3.C12H20O2.C8H14O/c1-19(2)11-16(17(22)20(13-19)7-9-25-10-8-20)21-12-14-3-5-15(6-4-14)18(23)24;1-18(2)10-19(5-7-24-8-6-19)16(21)15-14(18)12-9-11(17(22)23)3-4-13(12)20-15;1-12(2)7-10(8-14)11(15)13(9-12)3-5-16-6-4-13;1-11(2)4-3-10(13)12(9-11)5-7-14-8-6-12;1-8(2)5-3-7(9)4-6-8/h3-6H,7-13H2,1-2H3,(H,23,24);3-4,9,20H,5-8,10H2,1-2H3,(H,22,23);8,14H,3-7,9H2,1-2H3;3-9H2,1-2H3;3-6H2,1-2H3/b;;10-8-;;. The first-order valence-corrected chi connectivity index (χ1v) is 32.4. The molecule has 3 aromatic rings. The van der Waals surface area contributed by atoms with Crippen molar-refractivity contribution in [2.24, 2.45) is 48.3 Å². The van der Waals surface area contributed by atoms with E-state index in [2.05, 4.69) is 79.2 Å². The van der Waals surface area contributed by atoms with E-state index in [4.69, 9.17) is 24.1 Å². The number of hydrogen-bond acceptors (Lipinski definition) is 13. The number of aliphatic imine (C=N–C) groups is 1. The molecule has 16 nitrogen and oxygen atoms in total. The summed E-state index contributed by atoms with van der Waals surface area (Å²) < 4.78 is 21.7. The van der Waals surface area contributed by atoms with Crippen LogP contribution < -0.4 is 0 Å². The van der Waals surface area contributed by atoms with Crippen molar-refractivity contribution in [3.05, 3.63) is 82.2 Å². The highest BCUT2D eigenvalue weighted by atomic mass is 16.5. The van der Waals surface area contributed by atoms with Gasteiger partial charge >= 0.3 is 11.9 Å². The van der Waals surface area contributed by atoms with Crippen LogP contribution in [0.25, 0.3) is 10.9 Å². The van der Waals surface area contributed by atoms with E-state index in [9.17, 15) is 43.8 Å². The zero-order chi connectivity index (χ0) is 64.1. The summed E-state index contributed by atoms with van der Waals surface area (Å²) in [5, 5.41) is 28.3.